The fourth-order valence-electron chi connectivity index (χ4n) is 2.14. The summed E-state index contributed by atoms with van der Waals surface area (Å²) in [6.45, 7) is 2.09. The van der Waals surface area contributed by atoms with Crippen molar-refractivity contribution in [2.75, 3.05) is 0 Å². The summed E-state index contributed by atoms with van der Waals surface area (Å²) in [4.78, 5) is 2.81. The smallest absolute Gasteiger partial charge is 0.387 e. The van der Waals surface area contributed by atoms with Crippen molar-refractivity contribution in [2.45, 2.75) is 19.8 Å². The van der Waals surface area contributed by atoms with Crippen molar-refractivity contribution in [1.82, 2.24) is 0 Å². The minimum atomic E-state index is 0.0880. The van der Waals surface area contributed by atoms with Gasteiger partial charge in [0, 0.05) is 6.42 Å². The van der Waals surface area contributed by atoms with Crippen molar-refractivity contribution < 1.29 is 5.11 Å². The predicted octanol–water partition coefficient (Wildman–Crippen LogP) is 4.33. The van der Waals surface area contributed by atoms with Crippen LogP contribution in [0.15, 0.2) is 48.4 Å². The molecular weight excluding hydrogens is 224 g/mol. The Balaban J connectivity index is 2.27. The number of rotatable bonds is 3. The molecule has 0 radical (unpaired) electrons. The van der Waals surface area contributed by atoms with Gasteiger partial charge in [-0.1, -0.05) is 36.4 Å². The molecule has 18 heavy (non-hydrogen) atoms. The van der Waals surface area contributed by atoms with Gasteiger partial charge in [-0.05, 0) is 35.2 Å². The van der Waals surface area contributed by atoms with Crippen LogP contribution in [-0.4, -0.2) is 5.11 Å². The topological polar surface area (TPSA) is 48.4 Å². The van der Waals surface area contributed by atoms with E-state index in [1.807, 2.05) is 12.1 Å². The molecule has 0 atom stereocenters. The third-order valence-electron chi connectivity index (χ3n) is 3.17. The van der Waals surface area contributed by atoms with E-state index in [9.17, 15) is 5.11 Å². The number of fused-ring (bicyclic) bond motifs is 1. The summed E-state index contributed by atoms with van der Waals surface area (Å²) in [5.74, 6) is 0.0880. The molecule has 0 heterocycles. The van der Waals surface area contributed by atoms with Gasteiger partial charge in [0.2, 0.25) is 5.39 Å². The lowest BCUT2D eigenvalue weighted by Crippen LogP contribution is -1.93. The number of aliphatic hydroxyl groups is 1. The number of nitrogens with zero attached hydrogens (tertiary/aromatic N) is 2. The molecule has 90 valence electrons. The van der Waals surface area contributed by atoms with Crippen LogP contribution in [0, 0.1) is 12.3 Å². The first kappa shape index (κ1) is 12.1. The molecule has 0 aliphatic heterocycles. The maximum absolute atomic E-state index is 9.42. The molecule has 3 nitrogen and oxygen atoms in total. The fourth-order valence-corrected chi connectivity index (χ4v) is 2.14. The summed E-state index contributed by atoms with van der Waals surface area (Å²) >= 11 is 0. The second-order valence-corrected chi connectivity index (χ2v) is 4.31. The van der Waals surface area contributed by atoms with Crippen LogP contribution >= 0.6 is 0 Å². The maximum Gasteiger partial charge on any atom is 0.387 e. The Morgan fingerprint density at radius 2 is 2.06 bits per heavy atom. The van der Waals surface area contributed by atoms with Crippen LogP contribution in [0.2, 0.25) is 0 Å². The fraction of sp³-hybridized carbons (Fsp3) is 0.200. The molecule has 2 aromatic rings. The first-order chi connectivity index (χ1) is 8.72. The van der Waals surface area contributed by atoms with Crippen molar-refractivity contribution in [1.29, 1.82) is 5.39 Å². The number of hydrogen-bond acceptors (Lipinski definition) is 2. The summed E-state index contributed by atoms with van der Waals surface area (Å²) in [6, 6.07) is 12.4. The molecular formula is C15H15N2O+. The first-order valence-corrected chi connectivity index (χ1v) is 5.92. The van der Waals surface area contributed by atoms with E-state index in [1.165, 1.54) is 21.9 Å². The van der Waals surface area contributed by atoms with E-state index in [-0.39, 0.29) is 5.76 Å². The second-order valence-electron chi connectivity index (χ2n) is 4.31. The lowest BCUT2D eigenvalue weighted by molar-refractivity contribution is 0.388. The van der Waals surface area contributed by atoms with Crippen molar-refractivity contribution >= 4 is 10.8 Å². The third-order valence-corrected chi connectivity index (χ3v) is 3.17. The highest BCUT2D eigenvalue weighted by Gasteiger charge is 2.06. The van der Waals surface area contributed by atoms with E-state index < -0.39 is 0 Å². The third kappa shape index (κ3) is 2.49. The summed E-state index contributed by atoms with van der Waals surface area (Å²) in [7, 11) is 0. The zero-order valence-electron chi connectivity index (χ0n) is 10.3. The lowest BCUT2D eigenvalue weighted by Gasteiger charge is -2.08. The Bertz CT molecular complexity index is 638. The summed E-state index contributed by atoms with van der Waals surface area (Å²) in [6.07, 6.45) is 2.27. The Morgan fingerprint density at radius 3 is 2.83 bits per heavy atom. The van der Waals surface area contributed by atoms with Gasteiger partial charge in [0.1, 0.15) is 0 Å². The highest BCUT2D eigenvalue weighted by atomic mass is 16.3. The molecule has 0 bridgehead atoms. The Kier molecular flexibility index (Phi) is 3.59. The average Bonchev–Trinajstić information content (AvgIpc) is 2.39. The molecule has 0 amide bonds. The van der Waals surface area contributed by atoms with Gasteiger partial charge in [-0.2, -0.15) is 0 Å². The Morgan fingerprint density at radius 1 is 1.28 bits per heavy atom. The van der Waals surface area contributed by atoms with Crippen LogP contribution < -0.4 is 0 Å². The van der Waals surface area contributed by atoms with E-state index in [2.05, 4.69) is 36.2 Å². The van der Waals surface area contributed by atoms with E-state index >= 15 is 0 Å². The van der Waals surface area contributed by atoms with Crippen molar-refractivity contribution in [3.05, 3.63) is 64.5 Å². The minimum Gasteiger partial charge on any atom is -0.505 e. The lowest BCUT2D eigenvalue weighted by atomic mass is 9.97. The number of allylic oxidation sites excluding steroid dienone is 1. The highest BCUT2D eigenvalue weighted by molar-refractivity contribution is 5.86. The van der Waals surface area contributed by atoms with Gasteiger partial charge < -0.3 is 5.11 Å². The number of aryl methyl sites for hydroxylation is 2. The normalized spacial score (nSPS) is 11.4. The Labute approximate surface area is 106 Å². The summed E-state index contributed by atoms with van der Waals surface area (Å²) < 4.78 is 0. The molecule has 0 aromatic heterocycles. The van der Waals surface area contributed by atoms with Gasteiger partial charge in [-0.15, -0.1) is 0 Å². The number of hydrogen-bond donors (Lipinski definition) is 1. The van der Waals surface area contributed by atoms with Gasteiger partial charge in [0.25, 0.3) is 0 Å². The Hall–Kier alpha value is -2.34. The van der Waals surface area contributed by atoms with Gasteiger partial charge in [-0.25, -0.2) is 0 Å². The van der Waals surface area contributed by atoms with Crippen molar-refractivity contribution in [3.8, 4) is 0 Å². The summed E-state index contributed by atoms with van der Waals surface area (Å²) in [5, 5.41) is 20.2. The van der Waals surface area contributed by atoms with Gasteiger partial charge in [-0.3, -0.25) is 0 Å². The van der Waals surface area contributed by atoms with Crippen LogP contribution in [0.5, 0.6) is 0 Å². The molecule has 0 saturated carbocycles. The van der Waals surface area contributed by atoms with Crippen LogP contribution in [0.4, 0.5) is 0 Å². The van der Waals surface area contributed by atoms with E-state index in [0.29, 0.717) is 6.42 Å². The summed E-state index contributed by atoms with van der Waals surface area (Å²) in [5.41, 5.74) is 2.44. The van der Waals surface area contributed by atoms with Gasteiger partial charge >= 0.3 is 6.20 Å². The zero-order valence-corrected chi connectivity index (χ0v) is 10.3. The molecule has 2 rings (SSSR count). The largest absolute Gasteiger partial charge is 0.505 e. The number of diazo groups is 1. The monoisotopic (exact) mass is 239 g/mol. The highest BCUT2D eigenvalue weighted by Crippen LogP contribution is 2.23. The quantitative estimate of drug-likeness (QED) is 0.640. The first-order valence-electron chi connectivity index (χ1n) is 5.92. The maximum atomic E-state index is 9.42. The number of benzene rings is 2. The molecule has 0 aliphatic carbocycles. The zero-order chi connectivity index (χ0) is 13.0. The van der Waals surface area contributed by atoms with E-state index in [1.54, 1.807) is 0 Å². The molecule has 0 aliphatic rings. The molecule has 3 heteroatoms. The molecule has 0 spiro atoms. The SMILES string of the molecule is Cc1c(CC/C(O)=C\[N+]#N)ccc2ccccc12. The van der Waals surface area contributed by atoms with E-state index in [4.69, 9.17) is 5.39 Å². The van der Waals surface area contributed by atoms with Crippen molar-refractivity contribution in [2.24, 2.45) is 0 Å². The standard InChI is InChI=1S/C15H14N2O/c1-11-12(8-9-14(18)10-17-16)6-7-13-4-2-3-5-15(11)13/h2-7,10H,8-9H2,1H3/p+1/b14-10+. The molecule has 0 fully saturated rings. The van der Waals surface area contributed by atoms with Crippen LogP contribution in [-0.2, 0) is 6.42 Å². The molecule has 0 saturated heterocycles. The van der Waals surface area contributed by atoms with Gasteiger partial charge in [0.15, 0.2) is 10.7 Å². The van der Waals surface area contributed by atoms with Crippen molar-refractivity contribution in [3.63, 3.8) is 0 Å². The van der Waals surface area contributed by atoms with Crippen LogP contribution in [0.3, 0.4) is 0 Å². The average molecular weight is 239 g/mol. The van der Waals surface area contributed by atoms with E-state index in [0.717, 1.165) is 12.6 Å². The molecule has 0 unspecified atom stereocenters. The molecule has 1 N–H and O–H groups in total. The molecule has 2 aromatic carbocycles. The van der Waals surface area contributed by atoms with Crippen LogP contribution in [0.25, 0.3) is 15.7 Å². The predicted molar refractivity (Wildman–Crippen MR) is 72.8 cm³/mol. The van der Waals surface area contributed by atoms with Gasteiger partial charge in [0.05, 0.1) is 0 Å². The minimum absolute atomic E-state index is 0.0880. The number of aliphatic hydroxyl groups excluding tert-OH is 1. The second kappa shape index (κ2) is 5.33. The van der Waals surface area contributed by atoms with Crippen LogP contribution in [0.1, 0.15) is 17.5 Å².